The lowest BCUT2D eigenvalue weighted by Crippen LogP contribution is -2.30. The molecule has 2 N–H and O–H groups in total. The van der Waals surface area contributed by atoms with Gasteiger partial charge in [0.1, 0.15) is 5.75 Å². The monoisotopic (exact) mass is 383 g/mol. The molecule has 6 heteroatoms. The zero-order valence-corrected chi connectivity index (χ0v) is 16.8. The number of rotatable bonds is 10. The highest BCUT2D eigenvalue weighted by Crippen LogP contribution is 2.17. The van der Waals surface area contributed by atoms with Crippen LogP contribution in [0.2, 0.25) is 0 Å². The van der Waals surface area contributed by atoms with E-state index >= 15 is 0 Å². The number of nitrogens with zero attached hydrogens (tertiary/aromatic N) is 1. The van der Waals surface area contributed by atoms with E-state index in [1.54, 1.807) is 23.1 Å². The Hall–Kier alpha value is -3.02. The van der Waals surface area contributed by atoms with Crippen LogP contribution in [0.15, 0.2) is 48.5 Å². The van der Waals surface area contributed by atoms with Gasteiger partial charge in [0, 0.05) is 36.1 Å². The van der Waals surface area contributed by atoms with Crippen LogP contribution < -0.4 is 15.4 Å². The number of anilines is 2. The maximum atomic E-state index is 12.3. The van der Waals surface area contributed by atoms with Gasteiger partial charge in [0.15, 0.2) is 0 Å². The SMILES string of the molecule is CCCOc1cccc(NC(=O)CNc2ccc(C(=O)N(CC)CC)cc2)c1. The second kappa shape index (κ2) is 11.0. The Morgan fingerprint density at radius 1 is 0.964 bits per heavy atom. The van der Waals surface area contributed by atoms with E-state index in [1.165, 1.54) is 0 Å². The molecular weight excluding hydrogens is 354 g/mol. The van der Waals surface area contributed by atoms with Gasteiger partial charge in [0.05, 0.1) is 13.2 Å². The van der Waals surface area contributed by atoms with Gasteiger partial charge in [0.25, 0.3) is 5.91 Å². The Labute approximate surface area is 166 Å². The zero-order chi connectivity index (χ0) is 20.4. The van der Waals surface area contributed by atoms with Crippen LogP contribution >= 0.6 is 0 Å². The number of nitrogens with one attached hydrogen (secondary N) is 2. The molecule has 0 fully saturated rings. The molecule has 0 unspecified atom stereocenters. The third kappa shape index (κ3) is 6.30. The Bertz CT molecular complexity index is 771. The summed E-state index contributed by atoms with van der Waals surface area (Å²) in [7, 11) is 0. The fourth-order valence-corrected chi connectivity index (χ4v) is 2.70. The molecule has 0 spiro atoms. The molecule has 2 rings (SSSR count). The van der Waals surface area contributed by atoms with Crippen molar-refractivity contribution in [1.82, 2.24) is 4.90 Å². The molecule has 0 aliphatic heterocycles. The van der Waals surface area contributed by atoms with Crippen molar-refractivity contribution in [2.24, 2.45) is 0 Å². The molecule has 28 heavy (non-hydrogen) atoms. The molecule has 0 aliphatic rings. The van der Waals surface area contributed by atoms with Gasteiger partial charge < -0.3 is 20.3 Å². The lowest BCUT2D eigenvalue weighted by Gasteiger charge is -2.18. The number of hydrogen-bond donors (Lipinski definition) is 2. The normalized spacial score (nSPS) is 10.2. The van der Waals surface area contributed by atoms with E-state index in [4.69, 9.17) is 4.74 Å². The summed E-state index contributed by atoms with van der Waals surface area (Å²) in [6.07, 6.45) is 0.930. The lowest BCUT2D eigenvalue weighted by molar-refractivity contribution is -0.114. The smallest absolute Gasteiger partial charge is 0.253 e. The maximum Gasteiger partial charge on any atom is 0.253 e. The first kappa shape index (κ1) is 21.3. The quantitative estimate of drug-likeness (QED) is 0.650. The molecule has 0 bridgehead atoms. The molecule has 0 heterocycles. The summed E-state index contributed by atoms with van der Waals surface area (Å²) in [6.45, 7) is 8.10. The van der Waals surface area contributed by atoms with Crippen LogP contribution in [0.3, 0.4) is 0 Å². The number of benzene rings is 2. The van der Waals surface area contributed by atoms with E-state index < -0.39 is 0 Å². The van der Waals surface area contributed by atoms with Gasteiger partial charge in [-0.3, -0.25) is 9.59 Å². The van der Waals surface area contributed by atoms with Crippen molar-refractivity contribution in [2.45, 2.75) is 27.2 Å². The van der Waals surface area contributed by atoms with Gasteiger partial charge in [-0.15, -0.1) is 0 Å². The number of carbonyl (C=O) groups is 2. The third-order valence-corrected chi connectivity index (χ3v) is 4.23. The molecule has 6 nitrogen and oxygen atoms in total. The summed E-state index contributed by atoms with van der Waals surface area (Å²) in [4.78, 5) is 26.3. The van der Waals surface area contributed by atoms with Crippen LogP contribution in [0.4, 0.5) is 11.4 Å². The first-order valence-corrected chi connectivity index (χ1v) is 9.73. The van der Waals surface area contributed by atoms with E-state index in [0.717, 1.165) is 17.9 Å². The van der Waals surface area contributed by atoms with Gasteiger partial charge in [-0.25, -0.2) is 0 Å². The standard InChI is InChI=1S/C22H29N3O3/c1-4-14-28-20-9-7-8-19(15-20)24-21(26)16-23-18-12-10-17(11-13-18)22(27)25(5-2)6-3/h7-13,15,23H,4-6,14,16H2,1-3H3,(H,24,26). The Kier molecular flexibility index (Phi) is 8.34. The molecule has 2 amide bonds. The predicted molar refractivity (Wildman–Crippen MR) is 113 cm³/mol. The molecule has 0 atom stereocenters. The number of amides is 2. The largest absolute Gasteiger partial charge is 0.494 e. The van der Waals surface area contributed by atoms with Crippen LogP contribution in [0.5, 0.6) is 5.75 Å². The lowest BCUT2D eigenvalue weighted by atomic mass is 10.1. The minimum atomic E-state index is -0.157. The maximum absolute atomic E-state index is 12.3. The van der Waals surface area contributed by atoms with Gasteiger partial charge in [-0.1, -0.05) is 13.0 Å². The zero-order valence-electron chi connectivity index (χ0n) is 16.8. The van der Waals surface area contributed by atoms with Crippen molar-refractivity contribution >= 4 is 23.2 Å². The summed E-state index contributed by atoms with van der Waals surface area (Å²) in [6, 6.07) is 14.5. The van der Waals surface area contributed by atoms with E-state index in [2.05, 4.69) is 10.6 Å². The van der Waals surface area contributed by atoms with Crippen molar-refractivity contribution in [1.29, 1.82) is 0 Å². The number of carbonyl (C=O) groups excluding carboxylic acids is 2. The predicted octanol–water partition coefficient (Wildman–Crippen LogP) is 4.01. The molecule has 2 aromatic carbocycles. The molecule has 0 aliphatic carbocycles. The first-order chi connectivity index (χ1) is 13.6. The van der Waals surface area contributed by atoms with Crippen LogP contribution in [0, 0.1) is 0 Å². The number of ether oxygens (including phenoxy) is 1. The molecule has 2 aromatic rings. The fraction of sp³-hybridized carbons (Fsp3) is 0.364. The van der Waals surface area contributed by atoms with Gasteiger partial charge in [-0.05, 0) is 56.7 Å². The van der Waals surface area contributed by atoms with E-state index in [1.807, 2.05) is 51.1 Å². The summed E-state index contributed by atoms with van der Waals surface area (Å²) in [5.74, 6) is 0.594. The molecular formula is C22H29N3O3. The van der Waals surface area contributed by atoms with E-state index in [0.29, 0.717) is 30.9 Å². The highest BCUT2D eigenvalue weighted by molar-refractivity contribution is 5.95. The van der Waals surface area contributed by atoms with Gasteiger partial charge in [0.2, 0.25) is 5.91 Å². The van der Waals surface area contributed by atoms with Gasteiger partial charge in [-0.2, -0.15) is 0 Å². The minimum Gasteiger partial charge on any atom is -0.494 e. The molecule has 0 aromatic heterocycles. The summed E-state index contributed by atoms with van der Waals surface area (Å²) in [5.41, 5.74) is 2.12. The summed E-state index contributed by atoms with van der Waals surface area (Å²) < 4.78 is 5.57. The summed E-state index contributed by atoms with van der Waals surface area (Å²) >= 11 is 0. The van der Waals surface area contributed by atoms with Crippen LogP contribution in [-0.4, -0.2) is 43.0 Å². The van der Waals surface area contributed by atoms with E-state index in [-0.39, 0.29) is 18.4 Å². The van der Waals surface area contributed by atoms with Crippen molar-refractivity contribution in [3.8, 4) is 5.75 Å². The molecule has 150 valence electrons. The summed E-state index contributed by atoms with van der Waals surface area (Å²) in [5, 5.41) is 5.92. The minimum absolute atomic E-state index is 0.0134. The highest BCUT2D eigenvalue weighted by atomic mass is 16.5. The highest BCUT2D eigenvalue weighted by Gasteiger charge is 2.12. The van der Waals surface area contributed by atoms with E-state index in [9.17, 15) is 9.59 Å². The Morgan fingerprint density at radius 2 is 1.68 bits per heavy atom. The van der Waals surface area contributed by atoms with Crippen molar-refractivity contribution in [3.63, 3.8) is 0 Å². The van der Waals surface area contributed by atoms with Crippen molar-refractivity contribution < 1.29 is 14.3 Å². The second-order valence-electron chi connectivity index (χ2n) is 6.33. The Balaban J connectivity index is 1.86. The molecule has 0 saturated heterocycles. The van der Waals surface area contributed by atoms with Gasteiger partial charge >= 0.3 is 0 Å². The second-order valence-corrected chi connectivity index (χ2v) is 6.33. The molecule has 0 radical (unpaired) electrons. The van der Waals surface area contributed by atoms with Crippen molar-refractivity contribution in [2.75, 3.05) is 36.9 Å². The number of hydrogen-bond acceptors (Lipinski definition) is 4. The van der Waals surface area contributed by atoms with Crippen LogP contribution in [0.25, 0.3) is 0 Å². The fourth-order valence-electron chi connectivity index (χ4n) is 2.70. The topological polar surface area (TPSA) is 70.7 Å². The average Bonchev–Trinajstić information content (AvgIpc) is 2.72. The Morgan fingerprint density at radius 3 is 2.32 bits per heavy atom. The third-order valence-electron chi connectivity index (χ3n) is 4.23. The van der Waals surface area contributed by atoms with Crippen molar-refractivity contribution in [3.05, 3.63) is 54.1 Å². The average molecular weight is 383 g/mol. The van der Waals surface area contributed by atoms with Crippen LogP contribution in [0.1, 0.15) is 37.6 Å². The first-order valence-electron chi connectivity index (χ1n) is 9.73. The van der Waals surface area contributed by atoms with Crippen LogP contribution in [-0.2, 0) is 4.79 Å². The molecule has 0 saturated carbocycles.